The molecule has 2 aromatic heterocycles. The number of nitro groups is 1. The average molecular weight is 268 g/mol. The molecule has 0 aliphatic heterocycles. The van der Waals surface area contributed by atoms with Crippen LogP contribution >= 0.6 is 0 Å². The van der Waals surface area contributed by atoms with E-state index >= 15 is 0 Å². The molecule has 19 heavy (non-hydrogen) atoms. The van der Waals surface area contributed by atoms with Crippen LogP contribution in [0.3, 0.4) is 0 Å². The summed E-state index contributed by atoms with van der Waals surface area (Å²) >= 11 is 0. The number of hydrogen-bond donors (Lipinski definition) is 1. The first-order chi connectivity index (χ1) is 8.90. The molecule has 0 bridgehead atoms. The van der Waals surface area contributed by atoms with Crippen molar-refractivity contribution in [2.24, 2.45) is 19.8 Å². The summed E-state index contributed by atoms with van der Waals surface area (Å²) in [5.41, 5.74) is 4.15. The molecule has 0 aromatic carbocycles. The van der Waals surface area contributed by atoms with Crippen molar-refractivity contribution in [3.05, 3.63) is 31.0 Å². The Balaban J connectivity index is 3.04. The third kappa shape index (κ3) is 1.73. The number of nitrogens with zero attached hydrogens (tertiary/aromatic N) is 5. The molecule has 10 nitrogen and oxygen atoms in total. The quantitative estimate of drug-likeness (QED) is 0.521. The van der Waals surface area contributed by atoms with Crippen LogP contribution in [-0.2, 0) is 20.6 Å². The Bertz CT molecular complexity index is 783. The summed E-state index contributed by atoms with van der Waals surface area (Å²) in [4.78, 5) is 37.8. The van der Waals surface area contributed by atoms with E-state index in [4.69, 9.17) is 5.73 Å². The second-order valence-corrected chi connectivity index (χ2v) is 3.99. The molecule has 2 aromatic rings. The van der Waals surface area contributed by atoms with E-state index in [0.717, 1.165) is 13.7 Å². The summed E-state index contributed by atoms with van der Waals surface area (Å²) in [5.74, 6) is -0.497. The molecular formula is C9H12N6O4. The molecular weight excluding hydrogens is 256 g/mol. The minimum Gasteiger partial charge on any atom is -0.390 e. The zero-order chi connectivity index (χ0) is 14.3. The van der Waals surface area contributed by atoms with E-state index in [1.807, 2.05) is 0 Å². The van der Waals surface area contributed by atoms with Crippen LogP contribution in [-0.4, -0.2) is 30.2 Å². The number of aromatic nitrogens is 4. The number of rotatable bonds is 3. The monoisotopic (exact) mass is 268 g/mol. The van der Waals surface area contributed by atoms with Gasteiger partial charge in [0.15, 0.2) is 0 Å². The van der Waals surface area contributed by atoms with Gasteiger partial charge in [0, 0.05) is 20.1 Å². The fourth-order valence-corrected chi connectivity index (χ4v) is 1.91. The van der Waals surface area contributed by atoms with Crippen molar-refractivity contribution >= 4 is 17.1 Å². The highest BCUT2D eigenvalue weighted by Gasteiger charge is 2.26. The first kappa shape index (κ1) is 13.0. The second kappa shape index (κ2) is 4.31. The Labute approximate surface area is 105 Å². The minimum absolute atomic E-state index is 0.00208. The fourth-order valence-electron chi connectivity index (χ4n) is 1.91. The van der Waals surface area contributed by atoms with Gasteiger partial charge in [-0.25, -0.2) is 9.36 Å². The molecule has 0 saturated heterocycles. The molecule has 0 saturated carbocycles. The topological polar surface area (TPSA) is 131 Å². The number of aryl methyl sites for hydroxylation is 1. The van der Waals surface area contributed by atoms with Crippen LogP contribution < -0.4 is 17.0 Å². The number of imidazole rings is 1. The van der Waals surface area contributed by atoms with Gasteiger partial charge in [0.05, 0.1) is 7.05 Å². The molecule has 0 radical (unpaired) electrons. The van der Waals surface area contributed by atoms with Crippen LogP contribution in [0.5, 0.6) is 0 Å². The molecule has 0 amide bonds. The molecule has 0 aliphatic carbocycles. The van der Waals surface area contributed by atoms with Crippen LogP contribution in [0.15, 0.2) is 9.59 Å². The first-order valence-corrected chi connectivity index (χ1v) is 5.40. The molecule has 102 valence electrons. The predicted molar refractivity (Wildman–Crippen MR) is 65.9 cm³/mol. The molecule has 2 rings (SSSR count). The van der Waals surface area contributed by atoms with Crippen molar-refractivity contribution < 1.29 is 4.92 Å². The molecule has 0 aliphatic rings. The predicted octanol–water partition coefficient (Wildman–Crippen LogP) is -1.70. The van der Waals surface area contributed by atoms with E-state index in [-0.39, 0.29) is 24.3 Å². The zero-order valence-corrected chi connectivity index (χ0v) is 10.4. The Morgan fingerprint density at radius 2 is 1.95 bits per heavy atom. The average Bonchev–Trinajstić information content (AvgIpc) is 2.70. The first-order valence-electron chi connectivity index (χ1n) is 5.40. The molecule has 2 heterocycles. The van der Waals surface area contributed by atoms with Crippen molar-refractivity contribution in [2.75, 3.05) is 6.54 Å². The standard InChI is InChI=1S/C9H12N6O4/c1-12-5-6(11-8(12)15(18)19)14(4-3-10)9(17)13(2)7(5)16/h3-4,10H2,1-2H3. The lowest BCUT2D eigenvalue weighted by atomic mass is 10.5. The smallest absolute Gasteiger partial charge is 0.390 e. The Morgan fingerprint density at radius 1 is 1.32 bits per heavy atom. The van der Waals surface area contributed by atoms with Gasteiger partial charge in [0.2, 0.25) is 5.52 Å². The van der Waals surface area contributed by atoms with Crippen molar-refractivity contribution in [1.29, 1.82) is 0 Å². The zero-order valence-electron chi connectivity index (χ0n) is 10.4. The van der Waals surface area contributed by atoms with Gasteiger partial charge >= 0.3 is 11.6 Å². The third-order valence-corrected chi connectivity index (χ3v) is 2.85. The van der Waals surface area contributed by atoms with Crippen LogP contribution in [0.2, 0.25) is 0 Å². The maximum absolute atomic E-state index is 12.0. The number of nitrogens with two attached hydrogens (primary N) is 1. The summed E-state index contributed by atoms with van der Waals surface area (Å²) in [5, 5.41) is 10.8. The van der Waals surface area contributed by atoms with Gasteiger partial charge in [-0.05, 0) is 9.91 Å². The minimum atomic E-state index is -0.712. The van der Waals surface area contributed by atoms with Gasteiger partial charge in [0.25, 0.3) is 11.2 Å². The highest BCUT2D eigenvalue weighted by Crippen LogP contribution is 2.15. The van der Waals surface area contributed by atoms with Gasteiger partial charge in [0.1, 0.15) is 0 Å². The van der Waals surface area contributed by atoms with Gasteiger partial charge in [-0.15, -0.1) is 0 Å². The van der Waals surface area contributed by atoms with E-state index in [0.29, 0.717) is 0 Å². The molecule has 0 fully saturated rings. The van der Waals surface area contributed by atoms with Gasteiger partial charge in [-0.3, -0.25) is 13.9 Å². The molecule has 0 spiro atoms. The highest BCUT2D eigenvalue weighted by atomic mass is 16.6. The lowest BCUT2D eigenvalue weighted by molar-refractivity contribution is -0.396. The van der Waals surface area contributed by atoms with Crippen molar-refractivity contribution in [1.82, 2.24) is 18.7 Å². The maximum Gasteiger partial charge on any atom is 0.437 e. The Kier molecular flexibility index (Phi) is 2.94. The SMILES string of the molecule is Cn1c(=O)c2c(nc([N+](=O)[O-])n2C)n(CCN)c1=O. The van der Waals surface area contributed by atoms with E-state index in [9.17, 15) is 19.7 Å². The fraction of sp³-hybridized carbons (Fsp3) is 0.444. The maximum atomic E-state index is 12.0. The second-order valence-electron chi connectivity index (χ2n) is 3.99. The highest BCUT2D eigenvalue weighted by molar-refractivity contribution is 5.72. The normalized spacial score (nSPS) is 11.1. The summed E-state index contributed by atoms with van der Waals surface area (Å²) in [6.45, 7) is 0.273. The van der Waals surface area contributed by atoms with E-state index < -0.39 is 22.1 Å². The summed E-state index contributed by atoms with van der Waals surface area (Å²) in [7, 11) is 2.65. The van der Waals surface area contributed by atoms with E-state index in [1.54, 1.807) is 0 Å². The molecule has 0 unspecified atom stereocenters. The molecule has 2 N–H and O–H groups in total. The van der Waals surface area contributed by atoms with Crippen molar-refractivity contribution in [3.8, 4) is 0 Å². The van der Waals surface area contributed by atoms with Gasteiger partial charge < -0.3 is 15.8 Å². The van der Waals surface area contributed by atoms with Crippen LogP contribution in [0.4, 0.5) is 5.95 Å². The summed E-state index contributed by atoms with van der Waals surface area (Å²) < 4.78 is 3.09. The van der Waals surface area contributed by atoms with Crippen LogP contribution in [0.25, 0.3) is 11.2 Å². The largest absolute Gasteiger partial charge is 0.437 e. The number of hydrogen-bond acceptors (Lipinski definition) is 6. The van der Waals surface area contributed by atoms with Crippen LogP contribution in [0, 0.1) is 10.1 Å². The number of fused-ring (bicyclic) bond motifs is 1. The lowest BCUT2D eigenvalue weighted by Gasteiger charge is -2.04. The molecule has 0 atom stereocenters. The van der Waals surface area contributed by atoms with Crippen molar-refractivity contribution in [3.63, 3.8) is 0 Å². The van der Waals surface area contributed by atoms with Gasteiger partial charge in [-0.1, -0.05) is 0 Å². The Hall–Kier alpha value is -2.49. The van der Waals surface area contributed by atoms with Crippen molar-refractivity contribution in [2.45, 2.75) is 6.54 Å². The Morgan fingerprint density at radius 3 is 2.47 bits per heavy atom. The van der Waals surface area contributed by atoms with E-state index in [1.165, 1.54) is 14.1 Å². The summed E-state index contributed by atoms with van der Waals surface area (Å²) in [6.07, 6.45) is 0. The van der Waals surface area contributed by atoms with E-state index in [2.05, 4.69) is 4.98 Å². The lowest BCUT2D eigenvalue weighted by Crippen LogP contribution is -2.39. The van der Waals surface area contributed by atoms with Gasteiger partial charge in [-0.2, -0.15) is 0 Å². The van der Waals surface area contributed by atoms with Crippen LogP contribution in [0.1, 0.15) is 0 Å². The molecule has 10 heteroatoms. The summed E-state index contributed by atoms with van der Waals surface area (Å²) in [6, 6.07) is 0. The third-order valence-electron chi connectivity index (χ3n) is 2.85.